The minimum atomic E-state index is -5.00. The van der Waals surface area contributed by atoms with E-state index >= 15 is 0 Å². The van der Waals surface area contributed by atoms with Crippen molar-refractivity contribution in [1.29, 1.82) is 0 Å². The van der Waals surface area contributed by atoms with E-state index in [1.165, 1.54) is 38.5 Å². The number of carbonyl (C=O) groups excluding carboxylic acids is 2. The standard InChI is InChI=1S/C20H36O7S.Na/c1-3-5-7-8-9-10-11-12-13-14-16-27-20(22)18(28(23,24)25)17-19(21)26-15-6-4-2;/h4,6,18H,3,5,7-17H2,1-2H3,(H,23,24,25);/q;+1/p-1/b6-4+;. The van der Waals surface area contributed by atoms with Crippen LogP contribution < -0.4 is 29.6 Å². The monoisotopic (exact) mass is 442 g/mol. The number of ether oxygens (including phenoxy) is 2. The van der Waals surface area contributed by atoms with Crippen LogP contribution >= 0.6 is 0 Å². The van der Waals surface area contributed by atoms with Crippen LogP contribution in [-0.2, 0) is 29.2 Å². The molecule has 0 aliphatic carbocycles. The first kappa shape index (κ1) is 30.8. The molecule has 0 fully saturated rings. The molecule has 0 amide bonds. The first-order valence-electron chi connectivity index (χ1n) is 10.2. The number of unbranched alkanes of at least 4 members (excludes halogenated alkanes) is 9. The summed E-state index contributed by atoms with van der Waals surface area (Å²) in [5.41, 5.74) is 0. The molecule has 0 aliphatic rings. The van der Waals surface area contributed by atoms with Crippen LogP contribution in [0.25, 0.3) is 0 Å². The van der Waals surface area contributed by atoms with Crippen LogP contribution in [-0.4, -0.2) is 43.4 Å². The molecule has 7 nitrogen and oxygen atoms in total. The Morgan fingerprint density at radius 3 is 1.93 bits per heavy atom. The summed E-state index contributed by atoms with van der Waals surface area (Å²) < 4.78 is 43.4. The van der Waals surface area contributed by atoms with Crippen LogP contribution in [0.1, 0.15) is 84.5 Å². The van der Waals surface area contributed by atoms with Gasteiger partial charge in [-0.05, 0) is 13.3 Å². The SMILES string of the molecule is C/C=C/COC(=O)CC(C(=O)OCCCCCCCCCCCC)S(=O)(=O)[O-].[Na+]. The Morgan fingerprint density at radius 1 is 0.931 bits per heavy atom. The van der Waals surface area contributed by atoms with E-state index in [0.29, 0.717) is 6.42 Å². The topological polar surface area (TPSA) is 110 Å². The zero-order valence-electron chi connectivity index (χ0n) is 18.2. The Kier molecular flexibility index (Phi) is 20.7. The molecule has 0 spiro atoms. The molecule has 0 heterocycles. The number of esters is 2. The van der Waals surface area contributed by atoms with Gasteiger partial charge in [-0.2, -0.15) is 0 Å². The van der Waals surface area contributed by atoms with Crippen LogP contribution in [0.3, 0.4) is 0 Å². The molecule has 1 atom stereocenters. The molecule has 0 aromatic rings. The summed E-state index contributed by atoms with van der Waals surface area (Å²) in [6.07, 6.45) is 13.5. The van der Waals surface area contributed by atoms with Gasteiger partial charge in [-0.15, -0.1) is 0 Å². The minimum Gasteiger partial charge on any atom is -0.747 e. The summed E-state index contributed by atoms with van der Waals surface area (Å²) in [6.45, 7) is 3.91. The van der Waals surface area contributed by atoms with Crippen molar-refractivity contribution in [2.45, 2.75) is 89.7 Å². The first-order valence-corrected chi connectivity index (χ1v) is 11.7. The van der Waals surface area contributed by atoms with E-state index in [0.717, 1.165) is 19.3 Å². The molecule has 0 saturated carbocycles. The van der Waals surface area contributed by atoms with Gasteiger partial charge in [-0.25, -0.2) is 8.42 Å². The summed E-state index contributed by atoms with van der Waals surface area (Å²) in [5.74, 6) is -2.12. The number of hydrogen-bond acceptors (Lipinski definition) is 7. The molecule has 0 radical (unpaired) electrons. The molecule has 0 rings (SSSR count). The van der Waals surface area contributed by atoms with Crippen molar-refractivity contribution in [1.82, 2.24) is 0 Å². The van der Waals surface area contributed by atoms with Gasteiger partial charge in [0, 0.05) is 0 Å². The Balaban J connectivity index is 0. The molecule has 0 saturated heterocycles. The summed E-state index contributed by atoms with van der Waals surface area (Å²) >= 11 is 0. The second kappa shape index (κ2) is 19.5. The molecule has 1 unspecified atom stereocenters. The average Bonchev–Trinajstić information content (AvgIpc) is 2.63. The molecule has 9 heteroatoms. The van der Waals surface area contributed by atoms with Gasteiger partial charge in [0.25, 0.3) is 0 Å². The quantitative estimate of drug-likeness (QED) is 0.108. The summed E-state index contributed by atoms with van der Waals surface area (Å²) in [4.78, 5) is 23.5. The number of allylic oxidation sites excluding steroid dienone is 1. The van der Waals surface area contributed by atoms with Crippen molar-refractivity contribution >= 4 is 22.1 Å². The largest absolute Gasteiger partial charge is 1.00 e. The van der Waals surface area contributed by atoms with Gasteiger partial charge in [-0.3, -0.25) is 9.59 Å². The van der Waals surface area contributed by atoms with Gasteiger partial charge in [0.05, 0.1) is 13.0 Å². The maximum atomic E-state index is 11.9. The summed E-state index contributed by atoms with van der Waals surface area (Å²) in [5, 5.41) is -2.06. The van der Waals surface area contributed by atoms with Gasteiger partial charge in [0.2, 0.25) is 0 Å². The van der Waals surface area contributed by atoms with E-state index in [-0.39, 0.29) is 42.8 Å². The maximum absolute atomic E-state index is 11.9. The van der Waals surface area contributed by atoms with Crippen LogP contribution in [0.2, 0.25) is 0 Å². The molecule has 0 bridgehead atoms. The summed E-state index contributed by atoms with van der Waals surface area (Å²) in [7, 11) is -5.00. The zero-order chi connectivity index (χ0) is 21.3. The third-order valence-electron chi connectivity index (χ3n) is 4.28. The van der Waals surface area contributed by atoms with Gasteiger partial charge < -0.3 is 14.0 Å². The molecule has 0 N–H and O–H groups in total. The maximum Gasteiger partial charge on any atom is 1.00 e. The van der Waals surface area contributed by atoms with E-state index in [1.807, 2.05) is 0 Å². The van der Waals surface area contributed by atoms with Crippen molar-refractivity contribution in [3.05, 3.63) is 12.2 Å². The van der Waals surface area contributed by atoms with E-state index in [4.69, 9.17) is 9.47 Å². The van der Waals surface area contributed by atoms with E-state index in [1.54, 1.807) is 19.1 Å². The van der Waals surface area contributed by atoms with E-state index in [2.05, 4.69) is 6.92 Å². The fourth-order valence-corrected chi connectivity index (χ4v) is 3.25. The Bertz CT molecular complexity index is 561. The smallest absolute Gasteiger partial charge is 0.747 e. The van der Waals surface area contributed by atoms with Crippen LogP contribution in [0, 0.1) is 0 Å². The van der Waals surface area contributed by atoms with E-state index < -0.39 is 33.7 Å². The van der Waals surface area contributed by atoms with Gasteiger partial charge >= 0.3 is 41.5 Å². The third kappa shape index (κ3) is 18.1. The van der Waals surface area contributed by atoms with Gasteiger partial charge in [0.1, 0.15) is 16.7 Å². The first-order chi connectivity index (χ1) is 13.3. The second-order valence-corrected chi connectivity index (χ2v) is 8.34. The van der Waals surface area contributed by atoms with Crippen molar-refractivity contribution < 1.29 is 61.6 Å². The predicted molar refractivity (Wildman–Crippen MR) is 107 cm³/mol. The van der Waals surface area contributed by atoms with Crippen LogP contribution in [0.5, 0.6) is 0 Å². The van der Waals surface area contributed by atoms with Crippen LogP contribution in [0.4, 0.5) is 0 Å². The van der Waals surface area contributed by atoms with Crippen molar-refractivity contribution in [3.8, 4) is 0 Å². The second-order valence-electron chi connectivity index (χ2n) is 6.79. The molecular formula is C20H35NaO7S. The molecular weight excluding hydrogens is 407 g/mol. The van der Waals surface area contributed by atoms with E-state index in [9.17, 15) is 22.6 Å². The van der Waals surface area contributed by atoms with Crippen LogP contribution in [0.15, 0.2) is 12.2 Å². The Labute approximate surface area is 198 Å². The number of rotatable bonds is 17. The Morgan fingerprint density at radius 2 is 1.45 bits per heavy atom. The van der Waals surface area contributed by atoms with Crippen molar-refractivity contribution in [3.63, 3.8) is 0 Å². The number of carbonyl (C=O) groups is 2. The Hall–Kier alpha value is -0.410. The molecule has 29 heavy (non-hydrogen) atoms. The fraction of sp³-hybridized carbons (Fsp3) is 0.800. The normalized spacial score (nSPS) is 12.4. The van der Waals surface area contributed by atoms with Crippen molar-refractivity contribution in [2.75, 3.05) is 13.2 Å². The molecule has 0 aliphatic heterocycles. The zero-order valence-corrected chi connectivity index (χ0v) is 21.0. The molecule has 0 aromatic heterocycles. The molecule has 0 aromatic carbocycles. The molecule has 164 valence electrons. The average molecular weight is 443 g/mol. The predicted octanol–water partition coefficient (Wildman–Crippen LogP) is 0.878. The minimum absolute atomic E-state index is 0. The third-order valence-corrected chi connectivity index (χ3v) is 5.34. The van der Waals surface area contributed by atoms with Gasteiger partial charge in [0.15, 0.2) is 5.25 Å². The summed E-state index contributed by atoms with van der Waals surface area (Å²) in [6, 6.07) is 0. The number of hydrogen-bond donors (Lipinski definition) is 0. The van der Waals surface area contributed by atoms with Crippen molar-refractivity contribution in [2.24, 2.45) is 0 Å². The van der Waals surface area contributed by atoms with Gasteiger partial charge in [-0.1, -0.05) is 76.9 Å². The fourth-order valence-electron chi connectivity index (χ4n) is 2.61.